The molecule has 1 amide bonds. The Morgan fingerprint density at radius 3 is 2.27 bits per heavy atom. The quantitative estimate of drug-likeness (QED) is 0.0543. The number of aliphatic hydroxyl groups excluding tert-OH is 1. The molecule has 0 aliphatic heterocycles. The lowest BCUT2D eigenvalue weighted by Crippen LogP contribution is -2.32. The van der Waals surface area contributed by atoms with Crippen molar-refractivity contribution >= 4 is 27.5 Å². The average Bonchev–Trinajstić information content (AvgIpc) is 2.96. The number of nitrogens with one attached hydrogen (secondary N) is 3. The number of likely N-dealkylation sites (N-methyl/N-ethyl adjacent to an activating group) is 1. The van der Waals surface area contributed by atoms with Crippen LogP contribution in [0.5, 0.6) is 0 Å². The first-order chi connectivity index (χ1) is 19.7. The van der Waals surface area contributed by atoms with Crippen LogP contribution in [0.4, 0.5) is 0 Å². The van der Waals surface area contributed by atoms with Crippen LogP contribution in [0.2, 0.25) is 0 Å². The Morgan fingerprint density at radius 1 is 0.900 bits per heavy atom. The van der Waals surface area contributed by atoms with Gasteiger partial charge in [-0.25, -0.2) is 0 Å². The topological polar surface area (TPSA) is 120 Å². The molecular weight excluding hydrogens is 554 g/mol. The number of rotatable bonds is 26. The van der Waals surface area contributed by atoms with E-state index < -0.39 is 6.41 Å². The molecule has 1 aromatic carbocycles. The second-order valence-corrected chi connectivity index (χ2v) is 10.7. The number of aliphatic hydroxyl groups is 1. The number of ether oxygens (including phenoxy) is 5. The molecule has 0 saturated carbocycles. The first-order valence-corrected chi connectivity index (χ1v) is 16.1. The van der Waals surface area contributed by atoms with Gasteiger partial charge in [-0.15, -0.1) is 5.92 Å². The molecule has 0 heterocycles. The molecule has 0 bridgehead atoms. The molecule has 40 heavy (non-hydrogen) atoms. The van der Waals surface area contributed by atoms with E-state index in [1.165, 1.54) is 0 Å². The van der Waals surface area contributed by atoms with E-state index in [1.807, 2.05) is 38.2 Å². The lowest BCUT2D eigenvalue weighted by Gasteiger charge is -2.11. The van der Waals surface area contributed by atoms with Gasteiger partial charge in [-0.2, -0.15) is 0 Å². The summed E-state index contributed by atoms with van der Waals surface area (Å²) in [5.74, 6) is 6.36. The molecule has 0 aliphatic carbocycles. The average molecular weight is 602 g/mol. The van der Waals surface area contributed by atoms with Crippen molar-refractivity contribution in [1.29, 1.82) is 0 Å². The predicted molar refractivity (Wildman–Crippen MR) is 161 cm³/mol. The zero-order chi connectivity index (χ0) is 28.9. The van der Waals surface area contributed by atoms with Crippen LogP contribution < -0.4 is 16.0 Å². The van der Waals surface area contributed by atoms with Crippen molar-refractivity contribution in [2.45, 2.75) is 43.9 Å². The van der Waals surface area contributed by atoms with Gasteiger partial charge in [0.05, 0.1) is 59.2 Å². The summed E-state index contributed by atoms with van der Waals surface area (Å²) in [7, 11) is 5.15. The van der Waals surface area contributed by atoms with Gasteiger partial charge < -0.3 is 39.4 Å². The molecule has 1 unspecified atom stereocenters. The smallest absolute Gasteiger partial charge is 0.224 e. The third-order valence-corrected chi connectivity index (χ3v) is 7.07. The van der Waals surface area contributed by atoms with Gasteiger partial charge in [0, 0.05) is 31.0 Å². The van der Waals surface area contributed by atoms with Crippen molar-refractivity contribution in [1.82, 2.24) is 16.0 Å². The minimum absolute atomic E-state index is 0.0285. The molecular formula is C28H47N3O7S2. The lowest BCUT2D eigenvalue weighted by molar-refractivity contribution is -0.120. The molecule has 228 valence electrons. The van der Waals surface area contributed by atoms with Gasteiger partial charge in [-0.1, -0.05) is 46.6 Å². The number of hydrogen-bond acceptors (Lipinski definition) is 11. The van der Waals surface area contributed by atoms with E-state index in [0.29, 0.717) is 78.3 Å². The second-order valence-electron chi connectivity index (χ2n) is 8.36. The molecule has 1 rings (SSSR count). The number of carbonyl (C=O) groups excluding carboxylic acids is 1. The van der Waals surface area contributed by atoms with Crippen LogP contribution >= 0.6 is 21.6 Å². The van der Waals surface area contributed by atoms with E-state index in [1.54, 1.807) is 21.6 Å². The Labute approximate surface area is 247 Å². The maximum absolute atomic E-state index is 12.2. The molecule has 1 aromatic rings. The fourth-order valence-corrected chi connectivity index (χ4v) is 4.67. The van der Waals surface area contributed by atoms with Crippen molar-refractivity contribution in [3.8, 4) is 11.8 Å². The van der Waals surface area contributed by atoms with Crippen molar-refractivity contribution in [3.63, 3.8) is 0 Å². The summed E-state index contributed by atoms with van der Waals surface area (Å²) in [5.41, 5.74) is 0.964. The SMILES string of the molecule is CCC#CCNC(O)OCCCCOCSSc1ccc(CC(=O)NCCOCCOCCOCCNC)cc1. The molecule has 10 nitrogen and oxygen atoms in total. The van der Waals surface area contributed by atoms with Crippen LogP contribution in [-0.4, -0.2) is 103 Å². The van der Waals surface area contributed by atoms with E-state index in [-0.39, 0.29) is 5.91 Å². The number of carbonyl (C=O) groups is 1. The van der Waals surface area contributed by atoms with Gasteiger partial charge in [0.25, 0.3) is 0 Å². The molecule has 0 aromatic heterocycles. The van der Waals surface area contributed by atoms with Crippen LogP contribution in [0.1, 0.15) is 31.7 Å². The van der Waals surface area contributed by atoms with Crippen molar-refractivity contribution in [3.05, 3.63) is 29.8 Å². The Balaban J connectivity index is 1.95. The van der Waals surface area contributed by atoms with Crippen LogP contribution in [-0.2, 0) is 34.9 Å². The summed E-state index contributed by atoms with van der Waals surface area (Å²) in [6.07, 6.45) is 1.81. The maximum Gasteiger partial charge on any atom is 0.224 e. The number of hydrogen-bond donors (Lipinski definition) is 4. The first-order valence-electron chi connectivity index (χ1n) is 13.7. The second kappa shape index (κ2) is 27.8. The van der Waals surface area contributed by atoms with Crippen molar-refractivity contribution in [2.75, 3.05) is 85.5 Å². The van der Waals surface area contributed by atoms with E-state index in [9.17, 15) is 9.90 Å². The summed E-state index contributed by atoms with van der Waals surface area (Å²) < 4.78 is 27.2. The highest BCUT2D eigenvalue weighted by Crippen LogP contribution is 2.31. The minimum Gasteiger partial charge on any atom is -0.378 e. The molecule has 1 atom stereocenters. The highest BCUT2D eigenvalue weighted by atomic mass is 33.1. The standard InChI is InChI=1S/C28H47N3O7S2/c1-3-4-5-12-31-28(33)38-16-7-6-15-37-24-39-40-26-10-8-25(9-11-26)23-27(32)30-14-18-35-20-22-36-21-19-34-17-13-29-2/h8-11,28-29,31,33H,3,6-7,12-24H2,1-2H3,(H,30,32). The van der Waals surface area contributed by atoms with Crippen LogP contribution in [0.25, 0.3) is 0 Å². The summed E-state index contributed by atoms with van der Waals surface area (Å²) in [6.45, 7) is 8.03. The first kappa shape index (κ1) is 36.7. The third kappa shape index (κ3) is 23.3. The van der Waals surface area contributed by atoms with Gasteiger partial charge in [0.2, 0.25) is 12.3 Å². The fraction of sp³-hybridized carbons (Fsp3) is 0.679. The van der Waals surface area contributed by atoms with Gasteiger partial charge in [0.15, 0.2) is 0 Å². The largest absolute Gasteiger partial charge is 0.378 e. The summed E-state index contributed by atoms with van der Waals surface area (Å²) in [6, 6.07) is 7.97. The molecule has 0 saturated heterocycles. The normalized spacial score (nSPS) is 11.7. The predicted octanol–water partition coefficient (Wildman–Crippen LogP) is 2.40. The fourth-order valence-electron chi connectivity index (χ4n) is 2.96. The summed E-state index contributed by atoms with van der Waals surface area (Å²) in [4.78, 5) is 13.3. The van der Waals surface area contributed by atoms with Gasteiger partial charge >= 0.3 is 0 Å². The van der Waals surface area contributed by atoms with E-state index >= 15 is 0 Å². The van der Waals surface area contributed by atoms with Crippen molar-refractivity contribution < 1.29 is 33.6 Å². The van der Waals surface area contributed by atoms with Crippen LogP contribution in [0, 0.1) is 11.8 Å². The van der Waals surface area contributed by atoms with Crippen molar-refractivity contribution in [2.24, 2.45) is 0 Å². The number of amides is 1. The zero-order valence-corrected chi connectivity index (χ0v) is 25.5. The highest BCUT2D eigenvalue weighted by molar-refractivity contribution is 8.76. The maximum atomic E-state index is 12.2. The van der Waals surface area contributed by atoms with Gasteiger partial charge in [-0.05, 0) is 37.6 Å². The minimum atomic E-state index is -0.986. The third-order valence-electron chi connectivity index (χ3n) is 5.01. The molecule has 0 aliphatic rings. The molecule has 0 spiro atoms. The molecule has 0 radical (unpaired) electrons. The summed E-state index contributed by atoms with van der Waals surface area (Å²) in [5, 5.41) is 18.3. The molecule has 0 fully saturated rings. The Hall–Kier alpha value is -1.37. The van der Waals surface area contributed by atoms with Gasteiger partial charge in [-0.3, -0.25) is 10.1 Å². The number of unbranched alkanes of at least 4 members (excludes halogenated alkanes) is 1. The van der Waals surface area contributed by atoms with Gasteiger partial charge in [0.1, 0.15) is 5.94 Å². The number of benzene rings is 1. The monoisotopic (exact) mass is 601 g/mol. The highest BCUT2D eigenvalue weighted by Gasteiger charge is 2.04. The Morgan fingerprint density at radius 2 is 1.57 bits per heavy atom. The van der Waals surface area contributed by atoms with Crippen LogP contribution in [0.15, 0.2) is 29.2 Å². The molecule has 4 N–H and O–H groups in total. The summed E-state index contributed by atoms with van der Waals surface area (Å²) >= 11 is 0. The van der Waals surface area contributed by atoms with Crippen LogP contribution in [0.3, 0.4) is 0 Å². The van der Waals surface area contributed by atoms with E-state index in [0.717, 1.165) is 36.3 Å². The Kier molecular flexibility index (Phi) is 25.5. The lowest BCUT2D eigenvalue weighted by atomic mass is 10.1. The molecule has 12 heteroatoms. The zero-order valence-electron chi connectivity index (χ0n) is 23.9. The van der Waals surface area contributed by atoms with E-state index in [4.69, 9.17) is 23.7 Å². The van der Waals surface area contributed by atoms with E-state index in [2.05, 4.69) is 27.8 Å². The Bertz CT molecular complexity index is 794.